The van der Waals surface area contributed by atoms with E-state index in [1.165, 1.54) is 18.4 Å². The summed E-state index contributed by atoms with van der Waals surface area (Å²) >= 11 is 0. The molecule has 4 nitrogen and oxygen atoms in total. The quantitative estimate of drug-likeness (QED) is 0.849. The Morgan fingerprint density at radius 1 is 1.33 bits per heavy atom. The fourth-order valence-electron chi connectivity index (χ4n) is 2.91. The minimum Gasteiger partial charge on any atom is -0.468 e. The molecule has 1 aliphatic carbocycles. The van der Waals surface area contributed by atoms with Gasteiger partial charge in [-0.3, -0.25) is 9.88 Å². The van der Waals surface area contributed by atoms with Crippen LogP contribution in [-0.2, 0) is 6.54 Å². The van der Waals surface area contributed by atoms with Crippen molar-refractivity contribution in [3.8, 4) is 0 Å². The molecule has 2 aromatic heterocycles. The Kier molecular flexibility index (Phi) is 4.36. The molecular weight excluding hydrogens is 262 g/mol. The van der Waals surface area contributed by atoms with Crippen LogP contribution in [0.4, 0.5) is 0 Å². The zero-order valence-corrected chi connectivity index (χ0v) is 12.5. The fraction of sp³-hybridized carbons (Fsp3) is 0.471. The Balaban J connectivity index is 1.88. The molecule has 112 valence electrons. The first-order chi connectivity index (χ1) is 10.3. The molecule has 2 aromatic rings. The van der Waals surface area contributed by atoms with Gasteiger partial charge in [-0.05, 0) is 49.1 Å². The zero-order valence-electron chi connectivity index (χ0n) is 12.5. The summed E-state index contributed by atoms with van der Waals surface area (Å²) in [4.78, 5) is 6.63. The van der Waals surface area contributed by atoms with Gasteiger partial charge in [0.1, 0.15) is 5.76 Å². The van der Waals surface area contributed by atoms with Crippen LogP contribution < -0.4 is 5.73 Å². The van der Waals surface area contributed by atoms with E-state index in [4.69, 9.17) is 10.2 Å². The first-order valence-electron chi connectivity index (χ1n) is 7.73. The van der Waals surface area contributed by atoms with Crippen LogP contribution in [0.3, 0.4) is 0 Å². The van der Waals surface area contributed by atoms with Crippen LogP contribution in [0, 0.1) is 0 Å². The Hall–Kier alpha value is -1.65. The van der Waals surface area contributed by atoms with E-state index in [0.717, 1.165) is 18.7 Å². The first kappa shape index (κ1) is 14.3. The molecule has 1 fully saturated rings. The Morgan fingerprint density at radius 3 is 2.67 bits per heavy atom. The monoisotopic (exact) mass is 285 g/mol. The van der Waals surface area contributed by atoms with Crippen molar-refractivity contribution in [1.29, 1.82) is 0 Å². The van der Waals surface area contributed by atoms with E-state index >= 15 is 0 Å². The zero-order chi connectivity index (χ0) is 14.7. The van der Waals surface area contributed by atoms with Gasteiger partial charge in [0.15, 0.2) is 0 Å². The lowest BCUT2D eigenvalue weighted by molar-refractivity contribution is 0.139. The second-order valence-corrected chi connectivity index (χ2v) is 5.78. The lowest BCUT2D eigenvalue weighted by Gasteiger charge is -2.35. The normalized spacial score (nSPS) is 17.9. The van der Waals surface area contributed by atoms with Gasteiger partial charge in [0, 0.05) is 24.5 Å². The molecule has 1 saturated carbocycles. The summed E-state index contributed by atoms with van der Waals surface area (Å²) in [5.41, 5.74) is 7.70. The van der Waals surface area contributed by atoms with Crippen LogP contribution >= 0.6 is 0 Å². The summed E-state index contributed by atoms with van der Waals surface area (Å²) in [6.07, 6.45) is 8.89. The number of aromatic nitrogens is 1. The van der Waals surface area contributed by atoms with Crippen LogP contribution in [0.2, 0.25) is 0 Å². The second kappa shape index (κ2) is 6.41. The van der Waals surface area contributed by atoms with Crippen LogP contribution in [0.1, 0.15) is 43.6 Å². The van der Waals surface area contributed by atoms with Crippen molar-refractivity contribution < 1.29 is 4.42 Å². The van der Waals surface area contributed by atoms with Crippen molar-refractivity contribution in [2.24, 2.45) is 5.73 Å². The van der Waals surface area contributed by atoms with E-state index in [1.807, 2.05) is 24.5 Å². The van der Waals surface area contributed by atoms with E-state index in [9.17, 15) is 0 Å². The highest BCUT2D eigenvalue weighted by Crippen LogP contribution is 2.37. The number of nitrogens with two attached hydrogens (primary N) is 1. The Morgan fingerprint density at radius 2 is 2.10 bits per heavy atom. The largest absolute Gasteiger partial charge is 0.468 e. The van der Waals surface area contributed by atoms with Gasteiger partial charge in [0.05, 0.1) is 18.8 Å². The van der Waals surface area contributed by atoms with Crippen LogP contribution in [0.15, 0.2) is 47.3 Å². The summed E-state index contributed by atoms with van der Waals surface area (Å²) in [7, 11) is 0. The molecule has 3 rings (SSSR count). The average Bonchev–Trinajstić information content (AvgIpc) is 3.24. The minimum atomic E-state index is 0.114. The molecule has 0 saturated heterocycles. The number of nitrogens with zero attached hydrogens (tertiary/aromatic N) is 2. The van der Waals surface area contributed by atoms with Crippen molar-refractivity contribution in [3.05, 3.63) is 54.2 Å². The van der Waals surface area contributed by atoms with Crippen molar-refractivity contribution in [2.45, 2.75) is 50.9 Å². The van der Waals surface area contributed by atoms with Crippen molar-refractivity contribution in [1.82, 2.24) is 9.88 Å². The molecule has 2 atom stereocenters. The number of pyridine rings is 1. The molecule has 0 spiro atoms. The predicted octanol–water partition coefficient (Wildman–Crippen LogP) is 3.12. The fourth-order valence-corrected chi connectivity index (χ4v) is 2.91. The highest BCUT2D eigenvalue weighted by atomic mass is 16.3. The maximum Gasteiger partial charge on any atom is 0.117 e. The van der Waals surface area contributed by atoms with Gasteiger partial charge < -0.3 is 10.2 Å². The summed E-state index contributed by atoms with van der Waals surface area (Å²) in [6, 6.07) is 9.09. The van der Waals surface area contributed by atoms with E-state index in [1.54, 1.807) is 6.26 Å². The van der Waals surface area contributed by atoms with Crippen molar-refractivity contribution in [2.75, 3.05) is 0 Å². The lowest BCUT2D eigenvalue weighted by atomic mass is 9.96. The van der Waals surface area contributed by atoms with Crippen LogP contribution in [0.5, 0.6) is 0 Å². The van der Waals surface area contributed by atoms with Crippen LogP contribution in [0.25, 0.3) is 0 Å². The average molecular weight is 285 g/mol. The third kappa shape index (κ3) is 3.34. The van der Waals surface area contributed by atoms with E-state index in [0.29, 0.717) is 6.04 Å². The summed E-state index contributed by atoms with van der Waals surface area (Å²) in [6.45, 7) is 2.97. The molecule has 4 heteroatoms. The summed E-state index contributed by atoms with van der Waals surface area (Å²) in [5, 5.41) is 0. The second-order valence-electron chi connectivity index (χ2n) is 5.78. The van der Waals surface area contributed by atoms with Crippen LogP contribution in [-0.4, -0.2) is 22.0 Å². The van der Waals surface area contributed by atoms with Gasteiger partial charge in [0.2, 0.25) is 0 Å². The number of furan rings is 1. The van der Waals surface area contributed by atoms with Gasteiger partial charge in [-0.25, -0.2) is 0 Å². The maximum absolute atomic E-state index is 6.45. The molecule has 21 heavy (non-hydrogen) atoms. The topological polar surface area (TPSA) is 55.3 Å². The molecule has 0 aromatic carbocycles. The number of hydrogen-bond acceptors (Lipinski definition) is 4. The smallest absolute Gasteiger partial charge is 0.117 e. The van der Waals surface area contributed by atoms with E-state index in [-0.39, 0.29) is 12.1 Å². The third-order valence-electron chi connectivity index (χ3n) is 4.22. The van der Waals surface area contributed by atoms with Gasteiger partial charge in [-0.2, -0.15) is 0 Å². The van der Waals surface area contributed by atoms with Gasteiger partial charge in [0.25, 0.3) is 0 Å². The molecule has 0 amide bonds. The molecule has 1 aliphatic rings. The molecule has 2 unspecified atom stereocenters. The molecule has 0 bridgehead atoms. The minimum absolute atomic E-state index is 0.114. The Labute approximate surface area is 126 Å². The summed E-state index contributed by atoms with van der Waals surface area (Å²) in [5.74, 6) is 1.00. The first-order valence-corrected chi connectivity index (χ1v) is 7.73. The third-order valence-corrected chi connectivity index (χ3v) is 4.22. The van der Waals surface area contributed by atoms with Crippen molar-refractivity contribution >= 4 is 0 Å². The highest BCUT2D eigenvalue weighted by molar-refractivity contribution is 5.19. The highest BCUT2D eigenvalue weighted by Gasteiger charge is 2.37. The number of hydrogen-bond donors (Lipinski definition) is 1. The van der Waals surface area contributed by atoms with Gasteiger partial charge >= 0.3 is 0 Å². The van der Waals surface area contributed by atoms with Gasteiger partial charge in [-0.15, -0.1) is 0 Å². The van der Waals surface area contributed by atoms with E-state index < -0.39 is 0 Å². The SMILES string of the molecule is CCC(N)C(c1ccncc1)N(Cc1ccco1)C1CC1. The van der Waals surface area contributed by atoms with Crippen molar-refractivity contribution in [3.63, 3.8) is 0 Å². The number of rotatable bonds is 7. The molecular formula is C17H23N3O. The molecule has 2 N–H and O–H groups in total. The molecule has 2 heterocycles. The lowest BCUT2D eigenvalue weighted by Crippen LogP contribution is -2.41. The Bertz CT molecular complexity index is 536. The van der Waals surface area contributed by atoms with E-state index in [2.05, 4.69) is 28.9 Å². The molecule has 0 radical (unpaired) electrons. The summed E-state index contributed by atoms with van der Waals surface area (Å²) < 4.78 is 5.55. The predicted molar refractivity (Wildman–Crippen MR) is 82.5 cm³/mol. The standard InChI is InChI=1S/C17H23N3O/c1-2-16(18)17(13-7-9-19-10-8-13)20(14-5-6-14)12-15-4-3-11-21-15/h3-4,7-11,14,16-17H,2,5-6,12,18H2,1H3. The molecule has 0 aliphatic heterocycles. The van der Waals surface area contributed by atoms with Gasteiger partial charge in [-0.1, -0.05) is 6.92 Å². The maximum atomic E-state index is 6.45.